The molecule has 1 aliphatic heterocycles. The Morgan fingerprint density at radius 2 is 1.94 bits per heavy atom. The highest BCUT2D eigenvalue weighted by Crippen LogP contribution is 2.34. The van der Waals surface area contributed by atoms with Gasteiger partial charge in [-0.25, -0.2) is 0 Å². The van der Waals surface area contributed by atoms with Gasteiger partial charge in [-0.1, -0.05) is 20.8 Å². The number of likely N-dealkylation sites (tertiary alicyclic amines) is 1. The lowest BCUT2D eigenvalue weighted by Crippen LogP contribution is -2.52. The molecule has 0 aromatic rings. The fraction of sp³-hybridized carbons (Fsp3) is 1.00. The van der Waals surface area contributed by atoms with Crippen molar-refractivity contribution in [1.82, 2.24) is 10.2 Å². The smallest absolute Gasteiger partial charge is 0.0223 e. The highest BCUT2D eigenvalue weighted by Gasteiger charge is 2.35. The Balaban J connectivity index is 1.88. The van der Waals surface area contributed by atoms with Crippen molar-refractivity contribution in [2.75, 3.05) is 19.6 Å². The summed E-state index contributed by atoms with van der Waals surface area (Å²) in [6.07, 6.45) is 5.57. The quantitative estimate of drug-likeness (QED) is 0.781. The fourth-order valence-electron chi connectivity index (χ4n) is 3.53. The first-order valence-electron chi connectivity index (χ1n) is 8.09. The van der Waals surface area contributed by atoms with Gasteiger partial charge in [0.25, 0.3) is 0 Å². The van der Waals surface area contributed by atoms with Crippen LogP contribution in [0.1, 0.15) is 53.4 Å². The van der Waals surface area contributed by atoms with Gasteiger partial charge in [-0.15, -0.1) is 0 Å². The van der Waals surface area contributed by atoms with E-state index in [2.05, 4.69) is 37.9 Å². The lowest BCUT2D eigenvalue weighted by molar-refractivity contribution is 0.0677. The molecule has 4 atom stereocenters. The van der Waals surface area contributed by atoms with Gasteiger partial charge >= 0.3 is 0 Å². The van der Waals surface area contributed by atoms with Gasteiger partial charge in [0.1, 0.15) is 0 Å². The van der Waals surface area contributed by atoms with Crippen molar-refractivity contribution < 1.29 is 0 Å². The molecule has 18 heavy (non-hydrogen) atoms. The van der Waals surface area contributed by atoms with Crippen LogP contribution in [-0.4, -0.2) is 36.6 Å². The van der Waals surface area contributed by atoms with Gasteiger partial charge in [0.15, 0.2) is 0 Å². The predicted molar refractivity (Wildman–Crippen MR) is 78.8 cm³/mol. The molecule has 0 spiro atoms. The normalized spacial score (nSPS) is 35.7. The molecule has 1 N–H and O–H groups in total. The molecule has 0 bridgehead atoms. The summed E-state index contributed by atoms with van der Waals surface area (Å²) < 4.78 is 0. The Bertz CT molecular complexity index is 249. The molecule has 2 aliphatic rings. The minimum atomic E-state index is 0.755. The summed E-state index contributed by atoms with van der Waals surface area (Å²) >= 11 is 0. The Hall–Kier alpha value is -0.0800. The average molecular weight is 252 g/mol. The van der Waals surface area contributed by atoms with Crippen LogP contribution in [0, 0.1) is 17.8 Å². The first-order valence-corrected chi connectivity index (χ1v) is 8.09. The molecule has 0 radical (unpaired) electrons. The van der Waals surface area contributed by atoms with E-state index in [4.69, 9.17) is 0 Å². The highest BCUT2D eigenvalue weighted by molar-refractivity contribution is 4.91. The molecule has 1 heterocycles. The van der Waals surface area contributed by atoms with E-state index in [1.54, 1.807) is 0 Å². The van der Waals surface area contributed by atoms with Crippen LogP contribution >= 0.6 is 0 Å². The van der Waals surface area contributed by atoms with Crippen LogP contribution in [0.3, 0.4) is 0 Å². The Morgan fingerprint density at radius 3 is 2.56 bits per heavy atom. The third-order valence-electron chi connectivity index (χ3n) is 5.00. The van der Waals surface area contributed by atoms with Crippen LogP contribution < -0.4 is 5.32 Å². The van der Waals surface area contributed by atoms with E-state index < -0.39 is 0 Å². The molecule has 0 aromatic carbocycles. The maximum Gasteiger partial charge on any atom is 0.0223 e. The molecule has 2 nitrogen and oxygen atoms in total. The zero-order chi connectivity index (χ0) is 13.1. The van der Waals surface area contributed by atoms with Crippen molar-refractivity contribution in [2.24, 2.45) is 17.8 Å². The number of piperidine rings is 1. The lowest BCUT2D eigenvalue weighted by atomic mass is 9.85. The van der Waals surface area contributed by atoms with E-state index >= 15 is 0 Å². The number of hydrogen-bond donors (Lipinski definition) is 1. The molecule has 106 valence electrons. The van der Waals surface area contributed by atoms with Crippen molar-refractivity contribution in [2.45, 2.75) is 65.5 Å². The van der Waals surface area contributed by atoms with Crippen molar-refractivity contribution >= 4 is 0 Å². The number of nitrogens with one attached hydrogen (secondary N) is 1. The summed E-state index contributed by atoms with van der Waals surface area (Å²) in [5, 5.41) is 3.79. The van der Waals surface area contributed by atoms with Crippen LogP contribution in [0.2, 0.25) is 0 Å². The maximum absolute atomic E-state index is 3.79. The second-order valence-electron chi connectivity index (χ2n) is 6.91. The number of nitrogens with zero attached hydrogens (tertiary/aromatic N) is 1. The Morgan fingerprint density at radius 1 is 1.22 bits per heavy atom. The first kappa shape index (κ1) is 14.3. The molecule has 1 saturated carbocycles. The van der Waals surface area contributed by atoms with Gasteiger partial charge < -0.3 is 5.32 Å². The highest BCUT2D eigenvalue weighted by atomic mass is 15.2. The first-order chi connectivity index (χ1) is 8.61. The molecule has 0 aromatic heterocycles. The van der Waals surface area contributed by atoms with Crippen LogP contribution in [-0.2, 0) is 0 Å². The Kier molecular flexibility index (Phi) is 5.08. The van der Waals surface area contributed by atoms with Gasteiger partial charge in [0, 0.05) is 25.2 Å². The summed E-state index contributed by atoms with van der Waals surface area (Å²) in [6, 6.07) is 1.52. The topological polar surface area (TPSA) is 15.3 Å². The molecule has 2 heteroatoms. The maximum atomic E-state index is 3.79. The van der Waals surface area contributed by atoms with Crippen molar-refractivity contribution in [3.63, 3.8) is 0 Å². The van der Waals surface area contributed by atoms with E-state index in [9.17, 15) is 0 Å². The fourth-order valence-corrected chi connectivity index (χ4v) is 3.53. The molecule has 1 aliphatic carbocycles. The van der Waals surface area contributed by atoms with E-state index in [1.165, 1.54) is 45.3 Å². The van der Waals surface area contributed by atoms with Gasteiger partial charge in [-0.2, -0.15) is 0 Å². The van der Waals surface area contributed by atoms with Crippen molar-refractivity contribution in [1.29, 1.82) is 0 Å². The zero-order valence-electron chi connectivity index (χ0n) is 12.8. The van der Waals surface area contributed by atoms with E-state index in [-0.39, 0.29) is 0 Å². The molecule has 0 amide bonds. The summed E-state index contributed by atoms with van der Waals surface area (Å²) in [5.74, 6) is 2.71. The summed E-state index contributed by atoms with van der Waals surface area (Å²) in [5.41, 5.74) is 0. The minimum absolute atomic E-state index is 0.755. The molecule has 2 rings (SSSR count). The van der Waals surface area contributed by atoms with Crippen LogP contribution in [0.5, 0.6) is 0 Å². The minimum Gasteiger partial charge on any atom is -0.312 e. The molecular weight excluding hydrogens is 220 g/mol. The van der Waals surface area contributed by atoms with Crippen LogP contribution in [0.15, 0.2) is 0 Å². The molecule has 4 unspecified atom stereocenters. The van der Waals surface area contributed by atoms with E-state index in [0.717, 1.165) is 29.8 Å². The zero-order valence-corrected chi connectivity index (χ0v) is 12.8. The van der Waals surface area contributed by atoms with Gasteiger partial charge in [0.05, 0.1) is 0 Å². The summed E-state index contributed by atoms with van der Waals surface area (Å²) in [6.45, 7) is 13.3. The summed E-state index contributed by atoms with van der Waals surface area (Å²) in [7, 11) is 0. The standard InChI is InChI=1S/C16H32N2/c1-5-8-17-16(15-6-7-15)11-18-10-12(2)9-13(3)14(18)4/h12-17H,5-11H2,1-4H3. The van der Waals surface area contributed by atoms with Gasteiger partial charge in [-0.3, -0.25) is 4.90 Å². The third kappa shape index (κ3) is 3.71. The Labute approximate surface area is 114 Å². The van der Waals surface area contributed by atoms with Crippen LogP contribution in [0.25, 0.3) is 0 Å². The van der Waals surface area contributed by atoms with Crippen molar-refractivity contribution in [3.05, 3.63) is 0 Å². The van der Waals surface area contributed by atoms with Gasteiger partial charge in [0.2, 0.25) is 0 Å². The van der Waals surface area contributed by atoms with E-state index in [0.29, 0.717) is 0 Å². The van der Waals surface area contributed by atoms with Gasteiger partial charge in [-0.05, 0) is 56.9 Å². The monoisotopic (exact) mass is 252 g/mol. The van der Waals surface area contributed by atoms with Crippen molar-refractivity contribution in [3.8, 4) is 0 Å². The average Bonchev–Trinajstić information content (AvgIpc) is 3.14. The molecular formula is C16H32N2. The van der Waals surface area contributed by atoms with E-state index in [1.807, 2.05) is 0 Å². The lowest BCUT2D eigenvalue weighted by Gasteiger charge is -2.42. The summed E-state index contributed by atoms with van der Waals surface area (Å²) in [4.78, 5) is 2.75. The number of hydrogen-bond acceptors (Lipinski definition) is 2. The number of rotatable bonds is 6. The molecule has 1 saturated heterocycles. The molecule has 2 fully saturated rings. The second kappa shape index (κ2) is 6.38. The van der Waals surface area contributed by atoms with Crippen LogP contribution in [0.4, 0.5) is 0 Å². The predicted octanol–water partition coefficient (Wildman–Crippen LogP) is 3.13. The largest absolute Gasteiger partial charge is 0.312 e. The SMILES string of the molecule is CCCNC(CN1CC(C)CC(C)C1C)C1CC1. The third-order valence-corrected chi connectivity index (χ3v) is 5.00. The second-order valence-corrected chi connectivity index (χ2v) is 6.91.